The number of hydrogen-bond acceptors (Lipinski definition) is 1. The Kier molecular flexibility index (Phi) is 2.46. The van der Waals surface area contributed by atoms with Crippen LogP contribution in [0.25, 0.3) is 0 Å². The average Bonchev–Trinajstić information content (AvgIpc) is 2.65. The highest BCUT2D eigenvalue weighted by atomic mass is 15.0. The zero-order chi connectivity index (χ0) is 12.0. The molecule has 1 heterocycles. The highest BCUT2D eigenvalue weighted by molar-refractivity contribution is 5.59. The van der Waals surface area contributed by atoms with Gasteiger partial charge < -0.3 is 5.32 Å². The first kappa shape index (κ1) is 11.1. The van der Waals surface area contributed by atoms with Crippen LogP contribution < -0.4 is 5.32 Å². The van der Waals surface area contributed by atoms with E-state index in [1.807, 2.05) is 0 Å². The lowest BCUT2D eigenvalue weighted by Crippen LogP contribution is -2.33. The van der Waals surface area contributed by atoms with Crippen molar-refractivity contribution in [1.29, 1.82) is 0 Å². The zero-order valence-electron chi connectivity index (χ0n) is 11.2. The molecule has 3 atom stereocenters. The Bertz CT molecular complexity index is 416. The summed E-state index contributed by atoms with van der Waals surface area (Å²) in [5, 5.41) is 3.71. The minimum atomic E-state index is 0.461. The third-order valence-corrected chi connectivity index (χ3v) is 4.78. The number of nitrogens with one attached hydrogen (secondary N) is 1. The Morgan fingerprint density at radius 1 is 1.12 bits per heavy atom. The van der Waals surface area contributed by atoms with Crippen LogP contribution in [0.1, 0.15) is 51.5 Å². The van der Waals surface area contributed by atoms with Crippen molar-refractivity contribution in [2.45, 2.75) is 52.0 Å². The van der Waals surface area contributed by atoms with Crippen molar-refractivity contribution in [1.82, 2.24) is 0 Å². The molecule has 92 valence electrons. The van der Waals surface area contributed by atoms with Gasteiger partial charge in [-0.3, -0.25) is 0 Å². The summed E-state index contributed by atoms with van der Waals surface area (Å²) < 4.78 is 0. The fourth-order valence-corrected chi connectivity index (χ4v) is 3.63. The normalized spacial score (nSPS) is 31.6. The zero-order valence-corrected chi connectivity index (χ0v) is 11.2. The molecule has 1 N–H and O–H groups in total. The summed E-state index contributed by atoms with van der Waals surface area (Å²) in [4.78, 5) is 0. The first-order chi connectivity index (χ1) is 8.05. The van der Waals surface area contributed by atoms with Crippen molar-refractivity contribution in [2.24, 2.45) is 11.3 Å². The van der Waals surface area contributed by atoms with Crippen molar-refractivity contribution in [2.75, 3.05) is 5.32 Å². The van der Waals surface area contributed by atoms with E-state index in [0.29, 0.717) is 11.5 Å². The predicted molar refractivity (Wildman–Crippen MR) is 73.4 cm³/mol. The summed E-state index contributed by atoms with van der Waals surface area (Å²) in [5.41, 5.74) is 3.41. The highest BCUT2D eigenvalue weighted by Crippen LogP contribution is 2.49. The Labute approximate surface area is 105 Å². The average molecular weight is 229 g/mol. The lowest BCUT2D eigenvalue weighted by atomic mass is 9.67. The molecule has 0 saturated heterocycles. The van der Waals surface area contributed by atoms with E-state index >= 15 is 0 Å². The van der Waals surface area contributed by atoms with E-state index in [0.717, 1.165) is 11.8 Å². The maximum atomic E-state index is 3.71. The number of rotatable bonds is 0. The molecule has 2 aliphatic rings. The topological polar surface area (TPSA) is 12.0 Å². The maximum absolute atomic E-state index is 3.71. The van der Waals surface area contributed by atoms with Crippen LogP contribution in [-0.4, -0.2) is 6.04 Å². The van der Waals surface area contributed by atoms with Crippen LogP contribution >= 0.6 is 0 Å². The Hall–Kier alpha value is -0.980. The molecule has 17 heavy (non-hydrogen) atoms. The molecular weight excluding hydrogens is 206 g/mol. The molecule has 3 unspecified atom stereocenters. The van der Waals surface area contributed by atoms with Gasteiger partial charge in [-0.1, -0.05) is 39.0 Å². The summed E-state index contributed by atoms with van der Waals surface area (Å²) in [6.45, 7) is 7.19. The second-order valence-electron chi connectivity index (χ2n) is 6.82. The maximum Gasteiger partial charge on any atom is 0.0378 e. The van der Waals surface area contributed by atoms with Gasteiger partial charge in [0.1, 0.15) is 0 Å². The number of para-hydroxylation sites is 1. The molecule has 0 bridgehead atoms. The van der Waals surface area contributed by atoms with Gasteiger partial charge in [0.2, 0.25) is 0 Å². The second kappa shape index (κ2) is 3.76. The van der Waals surface area contributed by atoms with Gasteiger partial charge in [0, 0.05) is 17.6 Å². The van der Waals surface area contributed by atoms with E-state index in [1.165, 1.54) is 24.9 Å². The Morgan fingerprint density at radius 2 is 1.88 bits per heavy atom. The molecule has 1 aliphatic carbocycles. The summed E-state index contributed by atoms with van der Waals surface area (Å²) in [5.74, 6) is 1.63. The standard InChI is InChI=1S/C16H23N/c1-16(2,3)11-8-9-15-13(10-11)12-6-4-5-7-14(12)17-15/h4-7,11,13,15,17H,8-10H2,1-3H3. The van der Waals surface area contributed by atoms with Crippen LogP contribution in [0.4, 0.5) is 5.69 Å². The molecule has 1 aliphatic heterocycles. The smallest absolute Gasteiger partial charge is 0.0378 e. The van der Waals surface area contributed by atoms with Crippen LogP contribution in [0, 0.1) is 11.3 Å². The number of fused-ring (bicyclic) bond motifs is 3. The molecule has 0 aromatic heterocycles. The molecule has 1 saturated carbocycles. The van der Waals surface area contributed by atoms with Crippen LogP contribution in [0.15, 0.2) is 24.3 Å². The third-order valence-electron chi connectivity index (χ3n) is 4.78. The third kappa shape index (κ3) is 1.86. The van der Waals surface area contributed by atoms with Gasteiger partial charge in [-0.25, -0.2) is 0 Å². The molecule has 0 radical (unpaired) electrons. The van der Waals surface area contributed by atoms with E-state index in [1.54, 1.807) is 5.56 Å². The first-order valence-electron chi connectivity index (χ1n) is 6.91. The summed E-state index contributed by atoms with van der Waals surface area (Å²) in [7, 11) is 0. The number of anilines is 1. The fourth-order valence-electron chi connectivity index (χ4n) is 3.63. The quantitative estimate of drug-likeness (QED) is 0.695. The molecule has 3 rings (SSSR count). The van der Waals surface area contributed by atoms with E-state index in [2.05, 4.69) is 50.4 Å². The monoisotopic (exact) mass is 229 g/mol. The molecular formula is C16H23N. The van der Waals surface area contributed by atoms with Crippen LogP contribution in [0.2, 0.25) is 0 Å². The second-order valence-corrected chi connectivity index (χ2v) is 6.82. The first-order valence-corrected chi connectivity index (χ1v) is 6.91. The van der Waals surface area contributed by atoms with Crippen molar-refractivity contribution in [3.8, 4) is 0 Å². The Balaban J connectivity index is 1.87. The predicted octanol–water partition coefficient (Wildman–Crippen LogP) is 4.41. The lowest BCUT2D eigenvalue weighted by Gasteiger charge is -2.39. The lowest BCUT2D eigenvalue weighted by molar-refractivity contribution is 0.162. The van der Waals surface area contributed by atoms with Crippen LogP contribution in [0.3, 0.4) is 0 Å². The summed E-state index contributed by atoms with van der Waals surface area (Å²) >= 11 is 0. The minimum Gasteiger partial charge on any atom is -0.381 e. The van der Waals surface area contributed by atoms with E-state index in [-0.39, 0.29) is 0 Å². The van der Waals surface area contributed by atoms with E-state index < -0.39 is 0 Å². The number of hydrogen-bond donors (Lipinski definition) is 1. The highest BCUT2D eigenvalue weighted by Gasteiger charge is 2.40. The SMILES string of the molecule is CC(C)(C)C1CCC2Nc3ccccc3C2C1. The van der Waals surface area contributed by atoms with Gasteiger partial charge in [-0.2, -0.15) is 0 Å². The van der Waals surface area contributed by atoms with Crippen LogP contribution in [-0.2, 0) is 0 Å². The number of benzene rings is 1. The molecule has 0 spiro atoms. The molecule has 1 fully saturated rings. The van der Waals surface area contributed by atoms with Crippen molar-refractivity contribution < 1.29 is 0 Å². The molecule has 1 aromatic rings. The largest absolute Gasteiger partial charge is 0.381 e. The summed E-state index contributed by atoms with van der Waals surface area (Å²) in [6.07, 6.45) is 4.07. The van der Waals surface area contributed by atoms with E-state index in [4.69, 9.17) is 0 Å². The minimum absolute atomic E-state index is 0.461. The fraction of sp³-hybridized carbons (Fsp3) is 0.625. The Morgan fingerprint density at radius 3 is 2.65 bits per heavy atom. The van der Waals surface area contributed by atoms with Gasteiger partial charge in [-0.15, -0.1) is 0 Å². The van der Waals surface area contributed by atoms with Gasteiger partial charge in [-0.05, 0) is 42.2 Å². The molecule has 1 aromatic carbocycles. The van der Waals surface area contributed by atoms with Crippen molar-refractivity contribution in [3.63, 3.8) is 0 Å². The van der Waals surface area contributed by atoms with Gasteiger partial charge in [0.05, 0.1) is 0 Å². The van der Waals surface area contributed by atoms with Crippen molar-refractivity contribution in [3.05, 3.63) is 29.8 Å². The van der Waals surface area contributed by atoms with Crippen molar-refractivity contribution >= 4 is 5.69 Å². The van der Waals surface area contributed by atoms with Gasteiger partial charge >= 0.3 is 0 Å². The molecule has 0 amide bonds. The van der Waals surface area contributed by atoms with E-state index in [9.17, 15) is 0 Å². The molecule has 1 nitrogen and oxygen atoms in total. The van der Waals surface area contributed by atoms with Gasteiger partial charge in [0.15, 0.2) is 0 Å². The summed E-state index contributed by atoms with van der Waals surface area (Å²) in [6, 6.07) is 9.58. The van der Waals surface area contributed by atoms with Crippen LogP contribution in [0.5, 0.6) is 0 Å². The molecule has 1 heteroatoms. The van der Waals surface area contributed by atoms with Gasteiger partial charge in [0.25, 0.3) is 0 Å².